The Labute approximate surface area is 192 Å². The van der Waals surface area contributed by atoms with Crippen LogP contribution in [0.25, 0.3) is 10.9 Å². The summed E-state index contributed by atoms with van der Waals surface area (Å²) >= 11 is 11.9. The normalized spacial score (nSPS) is 15.4. The Morgan fingerprint density at radius 1 is 0.968 bits per heavy atom. The van der Waals surface area contributed by atoms with Crippen molar-refractivity contribution in [3.05, 3.63) is 53.6 Å². The number of likely N-dealkylation sites (N-methyl/N-ethyl adjacent to an activating group) is 1. The summed E-state index contributed by atoms with van der Waals surface area (Å²) in [4.78, 5) is 13.7. The molecule has 0 aliphatic carbocycles. The summed E-state index contributed by atoms with van der Waals surface area (Å²) in [6, 6.07) is 12.1. The molecule has 0 radical (unpaired) electrons. The van der Waals surface area contributed by atoms with E-state index in [2.05, 4.69) is 31.5 Å². The van der Waals surface area contributed by atoms with Crippen molar-refractivity contribution in [3.8, 4) is 0 Å². The third kappa shape index (κ3) is 4.72. The summed E-state index contributed by atoms with van der Waals surface area (Å²) in [5.74, 6) is 1.22. The third-order valence-corrected chi connectivity index (χ3v) is 7.30. The van der Waals surface area contributed by atoms with Gasteiger partial charge < -0.3 is 9.80 Å². The fourth-order valence-electron chi connectivity index (χ4n) is 3.50. The molecule has 10 heteroatoms. The Bertz CT molecular complexity index is 1200. The summed E-state index contributed by atoms with van der Waals surface area (Å²) in [5, 5.41) is 0.638. The first-order chi connectivity index (χ1) is 14.9. The molecular weight excluding hydrogens is 457 g/mol. The lowest BCUT2D eigenvalue weighted by Crippen LogP contribution is -2.45. The molecule has 1 fully saturated rings. The predicted molar refractivity (Wildman–Crippen MR) is 126 cm³/mol. The van der Waals surface area contributed by atoms with Crippen molar-refractivity contribution in [1.82, 2.24) is 14.9 Å². The van der Waals surface area contributed by atoms with E-state index in [1.54, 1.807) is 12.1 Å². The molecular formula is C21H23Cl2N5O2S. The molecule has 2 aromatic carbocycles. The zero-order chi connectivity index (χ0) is 22.0. The van der Waals surface area contributed by atoms with Crippen LogP contribution in [0.1, 0.15) is 11.1 Å². The van der Waals surface area contributed by atoms with Crippen LogP contribution in [0.2, 0.25) is 0 Å². The van der Waals surface area contributed by atoms with Crippen molar-refractivity contribution in [2.75, 3.05) is 42.8 Å². The molecule has 1 aromatic heterocycles. The lowest BCUT2D eigenvalue weighted by molar-refractivity contribution is 0.311. The third-order valence-electron chi connectivity index (χ3n) is 5.38. The van der Waals surface area contributed by atoms with Crippen LogP contribution in [-0.2, 0) is 21.8 Å². The van der Waals surface area contributed by atoms with Gasteiger partial charge >= 0.3 is 0 Å². The molecule has 0 amide bonds. The van der Waals surface area contributed by atoms with Gasteiger partial charge in [0.25, 0.3) is 10.0 Å². The maximum Gasteiger partial charge on any atom is 0.263 e. The Balaban J connectivity index is 1.73. The summed E-state index contributed by atoms with van der Waals surface area (Å²) in [5.41, 5.74) is 2.17. The van der Waals surface area contributed by atoms with Gasteiger partial charge in [-0.1, -0.05) is 18.2 Å². The van der Waals surface area contributed by atoms with Gasteiger partial charge in [0.15, 0.2) is 5.82 Å². The van der Waals surface area contributed by atoms with E-state index in [9.17, 15) is 8.42 Å². The topological polar surface area (TPSA) is 78.4 Å². The average molecular weight is 480 g/mol. The highest BCUT2D eigenvalue weighted by molar-refractivity contribution is 7.92. The number of piperazine rings is 1. The predicted octanol–water partition coefficient (Wildman–Crippen LogP) is 3.66. The molecule has 1 aliphatic heterocycles. The molecule has 1 saturated heterocycles. The van der Waals surface area contributed by atoms with Gasteiger partial charge in [-0.25, -0.2) is 13.4 Å². The van der Waals surface area contributed by atoms with Gasteiger partial charge in [-0.15, -0.1) is 23.2 Å². The van der Waals surface area contributed by atoms with Gasteiger partial charge in [-0.3, -0.25) is 4.72 Å². The van der Waals surface area contributed by atoms with E-state index in [1.165, 1.54) is 6.07 Å². The van der Waals surface area contributed by atoms with Crippen LogP contribution >= 0.6 is 23.2 Å². The molecule has 4 rings (SSSR count). The van der Waals surface area contributed by atoms with Crippen molar-refractivity contribution in [3.63, 3.8) is 0 Å². The second-order valence-corrected chi connectivity index (χ2v) is 9.70. The molecule has 0 atom stereocenters. The summed E-state index contributed by atoms with van der Waals surface area (Å²) in [6.07, 6.45) is 0. The molecule has 0 bridgehead atoms. The highest BCUT2D eigenvalue weighted by atomic mass is 35.5. The Morgan fingerprint density at radius 3 is 2.39 bits per heavy atom. The van der Waals surface area contributed by atoms with Crippen LogP contribution in [0.5, 0.6) is 0 Å². The number of nitrogens with one attached hydrogen (secondary N) is 1. The van der Waals surface area contributed by atoms with Crippen molar-refractivity contribution in [2.24, 2.45) is 0 Å². The molecule has 164 valence electrons. The van der Waals surface area contributed by atoms with E-state index in [1.807, 2.05) is 24.3 Å². The fraction of sp³-hybridized carbons (Fsp3) is 0.333. The summed E-state index contributed by atoms with van der Waals surface area (Å²) in [7, 11) is -1.82. The number of aromatic nitrogens is 2. The molecule has 2 heterocycles. The second kappa shape index (κ2) is 9.16. The number of fused-ring (bicyclic) bond motifs is 1. The first-order valence-corrected chi connectivity index (χ1v) is 12.4. The number of halogens is 2. The van der Waals surface area contributed by atoms with Crippen molar-refractivity contribution >= 4 is 55.9 Å². The SMILES string of the molecule is CN1CCN(c2nc(NS(=O)(=O)c3ccc(CCl)c(CCl)c3)c3ccccc3n2)CC1. The van der Waals surface area contributed by atoms with Gasteiger partial charge in [0.2, 0.25) is 5.95 Å². The van der Waals surface area contributed by atoms with E-state index in [-0.39, 0.29) is 22.5 Å². The van der Waals surface area contributed by atoms with Gasteiger partial charge in [-0.2, -0.15) is 4.98 Å². The molecule has 31 heavy (non-hydrogen) atoms. The maximum atomic E-state index is 13.2. The average Bonchev–Trinajstić information content (AvgIpc) is 2.78. The molecule has 1 aliphatic rings. The number of hydrogen-bond acceptors (Lipinski definition) is 6. The maximum absolute atomic E-state index is 13.2. The largest absolute Gasteiger partial charge is 0.338 e. The molecule has 3 aromatic rings. The zero-order valence-electron chi connectivity index (χ0n) is 17.1. The Morgan fingerprint density at radius 2 is 1.68 bits per heavy atom. The second-order valence-electron chi connectivity index (χ2n) is 7.48. The van der Waals surface area contributed by atoms with Crippen molar-refractivity contribution in [2.45, 2.75) is 16.7 Å². The van der Waals surface area contributed by atoms with Crippen LogP contribution < -0.4 is 9.62 Å². The standard InChI is InChI=1S/C21H23Cl2N5O2S/c1-27-8-10-28(11-9-27)21-24-19-5-3-2-4-18(19)20(25-21)26-31(29,30)17-7-6-15(13-22)16(12-17)14-23/h2-7,12H,8-11,13-14H2,1H3,(H,24,25,26). The van der Waals surface area contributed by atoms with Crippen LogP contribution in [0.15, 0.2) is 47.4 Å². The number of hydrogen-bond donors (Lipinski definition) is 1. The monoisotopic (exact) mass is 479 g/mol. The van der Waals surface area contributed by atoms with Crippen molar-refractivity contribution < 1.29 is 8.42 Å². The number of alkyl halides is 2. The Hall–Kier alpha value is -2.13. The Kier molecular flexibility index (Phi) is 6.52. The van der Waals surface area contributed by atoms with E-state index in [4.69, 9.17) is 23.2 Å². The highest BCUT2D eigenvalue weighted by Gasteiger charge is 2.22. The molecule has 0 spiro atoms. The van der Waals surface area contributed by atoms with Gasteiger partial charge in [0, 0.05) is 43.3 Å². The molecule has 0 saturated carbocycles. The highest BCUT2D eigenvalue weighted by Crippen LogP contribution is 2.27. The number of rotatable bonds is 6. The summed E-state index contributed by atoms with van der Waals surface area (Å²) < 4.78 is 29.0. The number of sulfonamides is 1. The van der Waals surface area contributed by atoms with Gasteiger partial charge in [0.1, 0.15) is 0 Å². The molecule has 0 unspecified atom stereocenters. The number of nitrogens with zero attached hydrogens (tertiary/aromatic N) is 4. The van der Waals surface area contributed by atoms with E-state index >= 15 is 0 Å². The summed E-state index contributed by atoms with van der Waals surface area (Å²) in [6.45, 7) is 3.34. The number of para-hydroxylation sites is 1. The molecule has 1 N–H and O–H groups in total. The van der Waals surface area contributed by atoms with Crippen LogP contribution in [0.3, 0.4) is 0 Å². The fourth-order valence-corrected chi connectivity index (χ4v) is 5.08. The van der Waals surface area contributed by atoms with Gasteiger partial charge in [-0.05, 0) is 42.4 Å². The van der Waals surface area contributed by atoms with Crippen LogP contribution in [0, 0.1) is 0 Å². The first kappa shape index (κ1) is 22.1. The lowest BCUT2D eigenvalue weighted by Gasteiger charge is -2.32. The van der Waals surface area contributed by atoms with E-state index < -0.39 is 10.0 Å². The first-order valence-electron chi connectivity index (χ1n) is 9.88. The number of anilines is 2. The van der Waals surface area contributed by atoms with Crippen molar-refractivity contribution in [1.29, 1.82) is 0 Å². The van der Waals surface area contributed by atoms with Gasteiger partial charge in [0.05, 0.1) is 10.4 Å². The smallest absolute Gasteiger partial charge is 0.263 e. The van der Waals surface area contributed by atoms with Crippen LogP contribution in [-0.4, -0.2) is 56.5 Å². The zero-order valence-corrected chi connectivity index (χ0v) is 19.4. The lowest BCUT2D eigenvalue weighted by atomic mass is 10.1. The van der Waals surface area contributed by atoms with Crippen LogP contribution in [0.4, 0.5) is 11.8 Å². The minimum atomic E-state index is -3.89. The quantitative estimate of drug-likeness (QED) is 0.543. The number of benzene rings is 2. The minimum Gasteiger partial charge on any atom is -0.338 e. The minimum absolute atomic E-state index is 0.112. The molecule has 7 nitrogen and oxygen atoms in total. The van der Waals surface area contributed by atoms with E-state index in [0.29, 0.717) is 22.4 Å². The van der Waals surface area contributed by atoms with E-state index in [0.717, 1.165) is 31.7 Å².